The minimum atomic E-state index is -1.04. The van der Waals surface area contributed by atoms with Crippen molar-refractivity contribution >= 4 is 12.1 Å². The molecule has 5 nitrogen and oxygen atoms in total. The van der Waals surface area contributed by atoms with E-state index in [1.54, 1.807) is 6.92 Å². The van der Waals surface area contributed by atoms with Gasteiger partial charge in [-0.25, -0.2) is 9.59 Å². The van der Waals surface area contributed by atoms with Crippen LogP contribution in [0.25, 0.3) is 11.1 Å². The molecular weight excluding hydrogens is 438 g/mol. The Balaban J connectivity index is 1.49. The van der Waals surface area contributed by atoms with E-state index >= 15 is 0 Å². The molecule has 0 radical (unpaired) electrons. The summed E-state index contributed by atoms with van der Waals surface area (Å²) in [5, 5.41) is 9.96. The number of benzene rings is 3. The molecule has 0 fully saturated rings. The first-order chi connectivity index (χ1) is 16.7. The lowest BCUT2D eigenvalue weighted by Gasteiger charge is -2.28. The number of ether oxygens (including phenoxy) is 1. The van der Waals surface area contributed by atoms with E-state index in [0.29, 0.717) is 0 Å². The highest BCUT2D eigenvalue weighted by Crippen LogP contribution is 2.44. The molecule has 0 heterocycles. The van der Waals surface area contributed by atoms with Gasteiger partial charge in [-0.2, -0.15) is 0 Å². The number of nitrogens with zero attached hydrogens (tertiary/aromatic N) is 1. The Morgan fingerprint density at radius 1 is 0.914 bits per heavy atom. The lowest BCUT2D eigenvalue weighted by molar-refractivity contribution is -0.142. The smallest absolute Gasteiger partial charge is 0.410 e. The van der Waals surface area contributed by atoms with Crippen LogP contribution in [0.1, 0.15) is 55.9 Å². The predicted molar refractivity (Wildman–Crippen MR) is 138 cm³/mol. The van der Waals surface area contributed by atoms with Crippen LogP contribution in [0.5, 0.6) is 0 Å². The first kappa shape index (κ1) is 24.5. The van der Waals surface area contributed by atoms with Crippen molar-refractivity contribution in [3.8, 4) is 11.1 Å². The summed E-state index contributed by atoms with van der Waals surface area (Å²) in [7, 11) is 0. The molecule has 182 valence electrons. The minimum Gasteiger partial charge on any atom is -0.480 e. The van der Waals surface area contributed by atoms with Gasteiger partial charge >= 0.3 is 12.1 Å². The highest BCUT2D eigenvalue weighted by atomic mass is 16.6. The molecule has 1 aliphatic carbocycles. The summed E-state index contributed by atoms with van der Waals surface area (Å²) in [6.07, 6.45) is -0.384. The number of fused-ring (bicyclic) bond motifs is 3. The van der Waals surface area contributed by atoms with Gasteiger partial charge in [0, 0.05) is 18.9 Å². The van der Waals surface area contributed by atoms with Gasteiger partial charge in [0.1, 0.15) is 12.6 Å². The number of hydrogen-bond donors (Lipinski definition) is 1. The molecule has 5 heteroatoms. The van der Waals surface area contributed by atoms with E-state index in [0.717, 1.165) is 27.8 Å². The number of likely N-dealkylation sites (N-methyl/N-ethyl adjacent to an activating group) is 1. The fourth-order valence-corrected chi connectivity index (χ4v) is 4.85. The van der Waals surface area contributed by atoms with Gasteiger partial charge in [0.25, 0.3) is 0 Å². The van der Waals surface area contributed by atoms with Crippen molar-refractivity contribution in [2.75, 3.05) is 13.2 Å². The zero-order chi connectivity index (χ0) is 25.2. The predicted octanol–water partition coefficient (Wildman–Crippen LogP) is 6.25. The summed E-state index contributed by atoms with van der Waals surface area (Å²) < 4.78 is 5.75. The van der Waals surface area contributed by atoms with Crippen molar-refractivity contribution in [2.45, 2.75) is 51.5 Å². The second-order valence-electron chi connectivity index (χ2n) is 10.1. The molecule has 4 rings (SSSR count). The van der Waals surface area contributed by atoms with E-state index < -0.39 is 18.1 Å². The Morgan fingerprint density at radius 3 is 1.94 bits per heavy atom. The zero-order valence-corrected chi connectivity index (χ0v) is 20.8. The summed E-state index contributed by atoms with van der Waals surface area (Å²) in [5.74, 6) is -1.11. The van der Waals surface area contributed by atoms with Crippen molar-refractivity contribution in [3.05, 3.63) is 95.1 Å². The Kier molecular flexibility index (Phi) is 6.97. The maximum Gasteiger partial charge on any atom is 0.410 e. The number of carbonyl (C=O) groups excluding carboxylic acids is 1. The standard InChI is InChI=1S/C30H33NO4/c1-5-31(27(28(32)33)18-20-14-16-21(17-15-20)30(2,3)4)29(34)35-19-26-24-12-8-6-10-22(24)23-11-7-9-13-25(23)26/h6-17,26-27H,5,18-19H2,1-4H3,(H,32,33)/t27-/m0/s1. The monoisotopic (exact) mass is 471 g/mol. The minimum absolute atomic E-state index is 0.0153. The van der Waals surface area contributed by atoms with E-state index in [1.165, 1.54) is 10.5 Å². The lowest BCUT2D eigenvalue weighted by atomic mass is 9.86. The van der Waals surface area contributed by atoms with Crippen LogP contribution >= 0.6 is 0 Å². The molecule has 1 aliphatic rings. The highest BCUT2D eigenvalue weighted by molar-refractivity contribution is 5.81. The van der Waals surface area contributed by atoms with Crippen molar-refractivity contribution in [2.24, 2.45) is 0 Å². The van der Waals surface area contributed by atoms with E-state index in [9.17, 15) is 14.7 Å². The molecule has 1 atom stereocenters. The molecular formula is C30H33NO4. The second kappa shape index (κ2) is 9.95. The van der Waals surface area contributed by atoms with Crippen LogP contribution in [-0.4, -0.2) is 41.3 Å². The Labute approximate surface area is 207 Å². The van der Waals surface area contributed by atoms with E-state index in [4.69, 9.17) is 4.74 Å². The average molecular weight is 472 g/mol. The molecule has 1 N–H and O–H groups in total. The second-order valence-corrected chi connectivity index (χ2v) is 10.1. The number of carboxylic acid groups (broad SMARTS) is 1. The van der Waals surface area contributed by atoms with Gasteiger partial charge in [-0.15, -0.1) is 0 Å². The van der Waals surface area contributed by atoms with Crippen molar-refractivity contribution in [1.82, 2.24) is 4.90 Å². The van der Waals surface area contributed by atoms with Crippen LogP contribution in [0.3, 0.4) is 0 Å². The largest absolute Gasteiger partial charge is 0.480 e. The number of rotatable bonds is 7. The van der Waals surface area contributed by atoms with Crippen molar-refractivity contribution < 1.29 is 19.4 Å². The number of hydrogen-bond acceptors (Lipinski definition) is 3. The van der Waals surface area contributed by atoms with Gasteiger partial charge in [0.05, 0.1) is 0 Å². The molecule has 3 aromatic carbocycles. The van der Waals surface area contributed by atoms with Gasteiger partial charge < -0.3 is 9.84 Å². The molecule has 0 spiro atoms. The molecule has 0 bridgehead atoms. The molecule has 1 amide bonds. The van der Waals surface area contributed by atoms with E-state index in [2.05, 4.69) is 45.0 Å². The highest BCUT2D eigenvalue weighted by Gasteiger charge is 2.33. The third kappa shape index (κ3) is 5.09. The van der Waals surface area contributed by atoms with Gasteiger partial charge in [-0.05, 0) is 45.7 Å². The van der Waals surface area contributed by atoms with E-state index in [1.807, 2.05) is 48.5 Å². The molecule has 0 saturated heterocycles. The van der Waals surface area contributed by atoms with Crippen LogP contribution in [0.4, 0.5) is 4.79 Å². The van der Waals surface area contributed by atoms with Gasteiger partial charge in [-0.1, -0.05) is 93.6 Å². The first-order valence-corrected chi connectivity index (χ1v) is 12.1. The number of aliphatic carboxylic acids is 1. The van der Waals surface area contributed by atoms with E-state index in [-0.39, 0.29) is 30.9 Å². The normalized spacial score (nSPS) is 13.6. The Bertz CT molecular complexity index is 1160. The van der Waals surface area contributed by atoms with Crippen LogP contribution in [0.2, 0.25) is 0 Å². The van der Waals surface area contributed by atoms with Crippen molar-refractivity contribution in [1.29, 1.82) is 0 Å². The maximum absolute atomic E-state index is 13.1. The summed E-state index contributed by atoms with van der Waals surface area (Å²) in [6, 6.07) is 23.2. The molecule has 0 saturated carbocycles. The van der Waals surface area contributed by atoms with Crippen LogP contribution < -0.4 is 0 Å². The Morgan fingerprint density at radius 2 is 1.46 bits per heavy atom. The SMILES string of the molecule is CCN(C(=O)OCC1c2ccccc2-c2ccccc21)[C@@H](Cc1ccc(C(C)(C)C)cc1)C(=O)O. The number of amides is 1. The topological polar surface area (TPSA) is 66.8 Å². The molecule has 0 aliphatic heterocycles. The van der Waals surface area contributed by atoms with Crippen molar-refractivity contribution in [3.63, 3.8) is 0 Å². The quantitative estimate of drug-likeness (QED) is 0.442. The Hall–Kier alpha value is -3.60. The van der Waals surface area contributed by atoms with Gasteiger partial charge in [-0.3, -0.25) is 4.90 Å². The first-order valence-electron chi connectivity index (χ1n) is 12.1. The summed E-state index contributed by atoms with van der Waals surface area (Å²) in [4.78, 5) is 26.6. The third-order valence-corrected chi connectivity index (χ3v) is 6.82. The van der Waals surface area contributed by atoms with Crippen LogP contribution in [0, 0.1) is 0 Å². The average Bonchev–Trinajstić information content (AvgIpc) is 3.16. The lowest BCUT2D eigenvalue weighted by Crippen LogP contribution is -2.46. The molecule has 3 aromatic rings. The fourth-order valence-electron chi connectivity index (χ4n) is 4.85. The van der Waals surface area contributed by atoms with Crippen LogP contribution in [-0.2, 0) is 21.4 Å². The summed E-state index contributed by atoms with van der Waals surface area (Å²) >= 11 is 0. The van der Waals surface area contributed by atoms with Gasteiger partial charge in [0.15, 0.2) is 0 Å². The summed E-state index contributed by atoms with van der Waals surface area (Å²) in [6.45, 7) is 8.60. The zero-order valence-electron chi connectivity index (χ0n) is 20.8. The fraction of sp³-hybridized carbons (Fsp3) is 0.333. The summed E-state index contributed by atoms with van der Waals surface area (Å²) in [5.41, 5.74) is 6.61. The van der Waals surface area contributed by atoms with Crippen LogP contribution in [0.15, 0.2) is 72.8 Å². The molecule has 0 unspecified atom stereocenters. The number of carbonyl (C=O) groups is 2. The molecule has 0 aromatic heterocycles. The molecule has 35 heavy (non-hydrogen) atoms. The number of carboxylic acids is 1. The van der Waals surface area contributed by atoms with Gasteiger partial charge in [0.2, 0.25) is 0 Å². The third-order valence-electron chi connectivity index (χ3n) is 6.82. The maximum atomic E-state index is 13.1.